The highest BCUT2D eigenvalue weighted by atomic mass is 32.2. The molecule has 2 rings (SSSR count). The SMILES string of the molecule is C=CCN(CC=C)S(=O)(=O)c1cc(C)c(CNC2CC2)s1. The molecule has 116 valence electrons. The Balaban J connectivity index is 2.19. The third-order valence-corrected chi connectivity index (χ3v) is 6.90. The van der Waals surface area contributed by atoms with Crippen molar-refractivity contribution < 1.29 is 8.42 Å². The number of sulfonamides is 1. The largest absolute Gasteiger partial charge is 0.309 e. The second-order valence-electron chi connectivity index (χ2n) is 5.23. The van der Waals surface area contributed by atoms with Gasteiger partial charge < -0.3 is 5.32 Å². The molecular formula is C15H22N2O2S2. The second kappa shape index (κ2) is 6.87. The van der Waals surface area contributed by atoms with Crippen LogP contribution in [0, 0.1) is 6.92 Å². The molecule has 1 aliphatic carbocycles. The molecule has 1 fully saturated rings. The fraction of sp³-hybridized carbons (Fsp3) is 0.467. The molecule has 1 saturated carbocycles. The Hall–Kier alpha value is -0.950. The van der Waals surface area contributed by atoms with Crippen LogP contribution in [0.25, 0.3) is 0 Å². The van der Waals surface area contributed by atoms with Gasteiger partial charge in [0.25, 0.3) is 10.0 Å². The molecule has 1 aliphatic rings. The van der Waals surface area contributed by atoms with E-state index in [1.165, 1.54) is 28.5 Å². The van der Waals surface area contributed by atoms with Crippen molar-refractivity contribution in [2.24, 2.45) is 0 Å². The zero-order valence-electron chi connectivity index (χ0n) is 12.3. The molecule has 6 heteroatoms. The Bertz CT molecular complexity index is 606. The maximum absolute atomic E-state index is 12.6. The van der Waals surface area contributed by atoms with Crippen LogP contribution >= 0.6 is 11.3 Å². The molecule has 1 aromatic rings. The monoisotopic (exact) mass is 326 g/mol. The molecule has 0 radical (unpaired) electrons. The molecular weight excluding hydrogens is 304 g/mol. The summed E-state index contributed by atoms with van der Waals surface area (Å²) in [4.78, 5) is 1.10. The van der Waals surface area contributed by atoms with E-state index in [4.69, 9.17) is 0 Å². The summed E-state index contributed by atoms with van der Waals surface area (Å²) < 4.78 is 27.1. The molecule has 21 heavy (non-hydrogen) atoms. The maximum Gasteiger partial charge on any atom is 0.253 e. The van der Waals surface area contributed by atoms with Crippen LogP contribution in [0.2, 0.25) is 0 Å². The highest BCUT2D eigenvalue weighted by molar-refractivity contribution is 7.91. The Kier molecular flexibility index (Phi) is 5.37. The summed E-state index contributed by atoms with van der Waals surface area (Å²) in [6, 6.07) is 2.38. The number of hydrogen-bond acceptors (Lipinski definition) is 4. The predicted molar refractivity (Wildman–Crippen MR) is 88.1 cm³/mol. The van der Waals surface area contributed by atoms with Gasteiger partial charge in [-0.1, -0.05) is 12.2 Å². The molecule has 0 spiro atoms. The van der Waals surface area contributed by atoms with E-state index in [9.17, 15) is 8.42 Å². The van der Waals surface area contributed by atoms with Gasteiger partial charge >= 0.3 is 0 Å². The molecule has 0 saturated heterocycles. The fourth-order valence-electron chi connectivity index (χ4n) is 2.00. The van der Waals surface area contributed by atoms with Crippen LogP contribution in [0.1, 0.15) is 23.3 Å². The lowest BCUT2D eigenvalue weighted by molar-refractivity contribution is 0.476. The van der Waals surface area contributed by atoms with Gasteiger partial charge in [0.2, 0.25) is 0 Å². The summed E-state index contributed by atoms with van der Waals surface area (Å²) in [5, 5.41) is 3.43. The number of nitrogens with zero attached hydrogens (tertiary/aromatic N) is 1. The molecule has 0 unspecified atom stereocenters. The van der Waals surface area contributed by atoms with Crippen molar-refractivity contribution >= 4 is 21.4 Å². The predicted octanol–water partition coefficient (Wildman–Crippen LogP) is 2.67. The molecule has 4 nitrogen and oxygen atoms in total. The van der Waals surface area contributed by atoms with Gasteiger partial charge in [0.05, 0.1) is 0 Å². The van der Waals surface area contributed by atoms with Gasteiger partial charge in [0.15, 0.2) is 0 Å². The van der Waals surface area contributed by atoms with Crippen LogP contribution < -0.4 is 5.32 Å². The lowest BCUT2D eigenvalue weighted by atomic mass is 10.3. The zero-order valence-corrected chi connectivity index (χ0v) is 14.0. The highest BCUT2D eigenvalue weighted by Crippen LogP contribution is 2.29. The minimum Gasteiger partial charge on any atom is -0.309 e. The van der Waals surface area contributed by atoms with Gasteiger partial charge in [-0.3, -0.25) is 0 Å². The average molecular weight is 326 g/mol. The number of rotatable bonds is 9. The van der Waals surface area contributed by atoms with Crippen molar-refractivity contribution in [1.82, 2.24) is 9.62 Å². The van der Waals surface area contributed by atoms with E-state index in [0.29, 0.717) is 23.3 Å². The van der Waals surface area contributed by atoms with Crippen molar-refractivity contribution in [2.75, 3.05) is 13.1 Å². The van der Waals surface area contributed by atoms with E-state index in [1.54, 1.807) is 18.2 Å². The molecule has 1 N–H and O–H groups in total. The first kappa shape index (κ1) is 16.4. The van der Waals surface area contributed by atoms with Crippen LogP contribution in [0.4, 0.5) is 0 Å². The minimum atomic E-state index is -3.47. The van der Waals surface area contributed by atoms with Crippen LogP contribution in [-0.4, -0.2) is 31.9 Å². The summed E-state index contributed by atoms with van der Waals surface area (Å²) in [7, 11) is -3.47. The topological polar surface area (TPSA) is 49.4 Å². The van der Waals surface area contributed by atoms with Crippen LogP contribution in [0.3, 0.4) is 0 Å². The Morgan fingerprint density at radius 3 is 2.52 bits per heavy atom. The molecule has 0 atom stereocenters. The lowest BCUT2D eigenvalue weighted by Gasteiger charge is -2.17. The van der Waals surface area contributed by atoms with Crippen molar-refractivity contribution in [1.29, 1.82) is 0 Å². The van der Waals surface area contributed by atoms with Crippen molar-refractivity contribution in [3.8, 4) is 0 Å². The number of aryl methyl sites for hydroxylation is 1. The van der Waals surface area contributed by atoms with Crippen molar-refractivity contribution in [3.63, 3.8) is 0 Å². The zero-order chi connectivity index (χ0) is 15.5. The number of hydrogen-bond donors (Lipinski definition) is 1. The van der Waals surface area contributed by atoms with Gasteiger partial charge in [0.1, 0.15) is 4.21 Å². The van der Waals surface area contributed by atoms with E-state index < -0.39 is 10.0 Å². The maximum atomic E-state index is 12.6. The third-order valence-electron chi connectivity index (χ3n) is 3.39. The summed E-state index contributed by atoms with van der Waals surface area (Å²) >= 11 is 1.36. The third kappa shape index (κ3) is 4.03. The fourth-order valence-corrected chi connectivity index (χ4v) is 5.08. The summed E-state index contributed by atoms with van der Waals surface area (Å²) in [6.07, 6.45) is 5.64. The van der Waals surface area contributed by atoms with E-state index in [0.717, 1.165) is 17.0 Å². The van der Waals surface area contributed by atoms with E-state index in [-0.39, 0.29) is 0 Å². The van der Waals surface area contributed by atoms with E-state index in [1.807, 2.05) is 6.92 Å². The Labute approximate surface area is 131 Å². The first-order valence-electron chi connectivity index (χ1n) is 7.03. The highest BCUT2D eigenvalue weighted by Gasteiger charge is 2.26. The Morgan fingerprint density at radius 1 is 1.38 bits per heavy atom. The smallest absolute Gasteiger partial charge is 0.253 e. The second-order valence-corrected chi connectivity index (χ2v) is 8.53. The molecule has 0 amide bonds. The van der Waals surface area contributed by atoms with Gasteiger partial charge in [0, 0.05) is 30.6 Å². The van der Waals surface area contributed by atoms with E-state index in [2.05, 4.69) is 18.5 Å². The van der Waals surface area contributed by atoms with E-state index >= 15 is 0 Å². The van der Waals surface area contributed by atoms with Crippen molar-refractivity contribution in [2.45, 2.75) is 36.6 Å². The summed E-state index contributed by atoms with van der Waals surface area (Å²) in [6.45, 7) is 10.5. The summed E-state index contributed by atoms with van der Waals surface area (Å²) in [5.41, 5.74) is 1.03. The van der Waals surface area contributed by atoms with Crippen LogP contribution in [0.5, 0.6) is 0 Å². The number of thiophene rings is 1. The normalized spacial score (nSPS) is 15.3. The number of nitrogens with one attached hydrogen (secondary N) is 1. The minimum absolute atomic E-state index is 0.293. The molecule has 1 aromatic heterocycles. The Morgan fingerprint density at radius 2 is 2.00 bits per heavy atom. The first-order chi connectivity index (χ1) is 9.98. The van der Waals surface area contributed by atoms with Gasteiger partial charge in [-0.05, 0) is 31.4 Å². The molecule has 0 aliphatic heterocycles. The lowest BCUT2D eigenvalue weighted by Crippen LogP contribution is -2.30. The van der Waals surface area contributed by atoms with Gasteiger partial charge in [-0.15, -0.1) is 24.5 Å². The molecule has 0 aromatic carbocycles. The van der Waals surface area contributed by atoms with Crippen LogP contribution in [-0.2, 0) is 16.6 Å². The van der Waals surface area contributed by atoms with Gasteiger partial charge in [-0.2, -0.15) is 4.31 Å². The molecule has 1 heterocycles. The first-order valence-corrected chi connectivity index (χ1v) is 9.29. The van der Waals surface area contributed by atoms with Crippen molar-refractivity contribution in [3.05, 3.63) is 41.8 Å². The average Bonchev–Trinajstić information content (AvgIpc) is 3.19. The standard InChI is InChI=1S/C15H22N2O2S2/c1-4-8-17(9-5-2)21(18,19)15-10-12(3)14(20-15)11-16-13-6-7-13/h4-5,10,13,16H,1-2,6-9,11H2,3H3. The van der Waals surface area contributed by atoms with Gasteiger partial charge in [-0.25, -0.2) is 8.42 Å². The summed E-state index contributed by atoms with van der Waals surface area (Å²) in [5.74, 6) is 0. The van der Waals surface area contributed by atoms with Crippen LogP contribution in [0.15, 0.2) is 35.6 Å². The quantitative estimate of drug-likeness (QED) is 0.710. The molecule has 0 bridgehead atoms.